The van der Waals surface area contributed by atoms with Crippen LogP contribution in [0.25, 0.3) is 0 Å². The van der Waals surface area contributed by atoms with Crippen molar-refractivity contribution in [2.75, 3.05) is 26.2 Å². The molecule has 0 aliphatic heterocycles. The highest BCUT2D eigenvalue weighted by molar-refractivity contribution is 4.82. The molecule has 0 amide bonds. The predicted molar refractivity (Wildman–Crippen MR) is 85.6 cm³/mol. The van der Waals surface area contributed by atoms with Gasteiger partial charge in [0.25, 0.3) is 0 Å². The molecule has 1 N–H and O–H groups in total. The summed E-state index contributed by atoms with van der Waals surface area (Å²) >= 11 is 0. The molecule has 0 bridgehead atoms. The molecule has 0 radical (unpaired) electrons. The van der Waals surface area contributed by atoms with E-state index in [2.05, 4.69) is 44.8 Å². The van der Waals surface area contributed by atoms with Gasteiger partial charge < -0.3 is 10.2 Å². The van der Waals surface area contributed by atoms with Crippen molar-refractivity contribution in [1.29, 1.82) is 0 Å². The predicted octanol–water partition coefficient (Wildman–Crippen LogP) is 3.91. The number of nitrogens with one attached hydrogen (secondary N) is 1. The summed E-state index contributed by atoms with van der Waals surface area (Å²) in [7, 11) is 0. The Balaban J connectivity index is 2.39. The van der Waals surface area contributed by atoms with Gasteiger partial charge in [-0.3, -0.25) is 0 Å². The maximum atomic E-state index is 3.63. The van der Waals surface area contributed by atoms with Gasteiger partial charge in [0, 0.05) is 19.1 Å². The Morgan fingerprint density at radius 3 is 2.32 bits per heavy atom. The van der Waals surface area contributed by atoms with E-state index in [9.17, 15) is 0 Å². The number of hydrogen-bond acceptors (Lipinski definition) is 2. The summed E-state index contributed by atoms with van der Waals surface area (Å²) in [6.07, 6.45) is 7.17. The zero-order valence-electron chi connectivity index (χ0n) is 14.0. The van der Waals surface area contributed by atoms with Crippen molar-refractivity contribution < 1.29 is 0 Å². The first-order chi connectivity index (χ1) is 8.94. The first kappa shape index (κ1) is 17.0. The second-order valence-corrected chi connectivity index (χ2v) is 7.54. The molecule has 0 unspecified atom stereocenters. The maximum Gasteiger partial charge on any atom is 0.00953 e. The van der Waals surface area contributed by atoms with E-state index < -0.39 is 0 Å². The van der Waals surface area contributed by atoms with E-state index in [1.807, 2.05) is 0 Å². The van der Waals surface area contributed by atoms with E-state index >= 15 is 0 Å². The molecule has 0 saturated heterocycles. The fraction of sp³-hybridized carbons (Fsp3) is 1.00. The molecule has 0 aromatic rings. The van der Waals surface area contributed by atoms with Crippen LogP contribution in [-0.4, -0.2) is 37.1 Å². The highest BCUT2D eigenvalue weighted by Crippen LogP contribution is 2.25. The van der Waals surface area contributed by atoms with Crippen LogP contribution < -0.4 is 5.32 Å². The van der Waals surface area contributed by atoms with Crippen molar-refractivity contribution in [2.45, 2.75) is 72.8 Å². The van der Waals surface area contributed by atoms with Gasteiger partial charge in [0.05, 0.1) is 0 Å². The lowest BCUT2D eigenvalue weighted by atomic mass is 9.89. The molecule has 0 aromatic carbocycles. The van der Waals surface area contributed by atoms with Gasteiger partial charge in [0.2, 0.25) is 0 Å². The van der Waals surface area contributed by atoms with Crippen LogP contribution in [0, 0.1) is 11.3 Å². The molecule has 0 aromatic heterocycles. The van der Waals surface area contributed by atoms with Crippen LogP contribution in [-0.2, 0) is 0 Å². The summed E-state index contributed by atoms with van der Waals surface area (Å²) in [5, 5.41) is 3.63. The normalized spacial score (nSPS) is 18.5. The monoisotopic (exact) mass is 268 g/mol. The topological polar surface area (TPSA) is 15.3 Å². The molecule has 0 spiro atoms. The molecule has 2 nitrogen and oxygen atoms in total. The lowest BCUT2D eigenvalue weighted by molar-refractivity contribution is 0.108. The smallest absolute Gasteiger partial charge is 0.00953 e. The third-order valence-electron chi connectivity index (χ3n) is 4.28. The van der Waals surface area contributed by atoms with Crippen LogP contribution in [0.5, 0.6) is 0 Å². The fourth-order valence-corrected chi connectivity index (χ4v) is 3.25. The molecule has 1 saturated carbocycles. The molecule has 1 fully saturated rings. The van der Waals surface area contributed by atoms with Gasteiger partial charge >= 0.3 is 0 Å². The first-order valence-electron chi connectivity index (χ1n) is 8.39. The zero-order valence-corrected chi connectivity index (χ0v) is 14.0. The molecule has 1 aliphatic carbocycles. The highest BCUT2D eigenvalue weighted by Gasteiger charge is 2.26. The van der Waals surface area contributed by atoms with Crippen molar-refractivity contribution in [1.82, 2.24) is 10.2 Å². The Kier molecular flexibility index (Phi) is 7.38. The van der Waals surface area contributed by atoms with Gasteiger partial charge in [-0.15, -0.1) is 0 Å². The van der Waals surface area contributed by atoms with Crippen molar-refractivity contribution in [2.24, 2.45) is 11.3 Å². The Morgan fingerprint density at radius 2 is 1.79 bits per heavy atom. The lowest BCUT2D eigenvalue weighted by Crippen LogP contribution is -2.46. The molecular weight excluding hydrogens is 232 g/mol. The minimum Gasteiger partial charge on any atom is -0.316 e. The second kappa shape index (κ2) is 8.26. The number of hydrogen-bond donors (Lipinski definition) is 1. The quantitative estimate of drug-likeness (QED) is 0.718. The van der Waals surface area contributed by atoms with E-state index in [1.165, 1.54) is 45.2 Å². The van der Waals surface area contributed by atoms with Crippen molar-refractivity contribution in [3.8, 4) is 0 Å². The molecule has 1 rings (SSSR count). The van der Waals surface area contributed by atoms with Crippen LogP contribution >= 0.6 is 0 Å². The Morgan fingerprint density at radius 1 is 1.16 bits per heavy atom. The van der Waals surface area contributed by atoms with Gasteiger partial charge in [-0.05, 0) is 37.3 Å². The summed E-state index contributed by atoms with van der Waals surface area (Å²) in [6, 6.07) is 0.850. The third kappa shape index (κ3) is 6.76. The molecule has 0 atom stereocenters. The zero-order chi connectivity index (χ0) is 14.3. The Labute approximate surface area is 121 Å². The van der Waals surface area contributed by atoms with Gasteiger partial charge in [0.15, 0.2) is 0 Å². The van der Waals surface area contributed by atoms with Crippen molar-refractivity contribution in [3.05, 3.63) is 0 Å². The highest BCUT2D eigenvalue weighted by atomic mass is 15.2. The van der Waals surface area contributed by atoms with Crippen LogP contribution in [0.4, 0.5) is 0 Å². The first-order valence-corrected chi connectivity index (χ1v) is 8.39. The molecule has 19 heavy (non-hydrogen) atoms. The standard InChI is InChI=1S/C17H36N2/c1-6-19(16-10-8-7-9-11-16)14-17(4,5)13-18-12-15(2)3/h15-16,18H,6-14H2,1-5H3. The largest absolute Gasteiger partial charge is 0.316 e. The third-order valence-corrected chi connectivity index (χ3v) is 4.28. The summed E-state index contributed by atoms with van der Waals surface area (Å²) in [5.74, 6) is 0.747. The van der Waals surface area contributed by atoms with E-state index in [0.717, 1.165) is 25.0 Å². The van der Waals surface area contributed by atoms with Crippen LogP contribution in [0.1, 0.15) is 66.7 Å². The van der Waals surface area contributed by atoms with E-state index in [-0.39, 0.29) is 0 Å². The average Bonchev–Trinajstić information content (AvgIpc) is 2.36. The van der Waals surface area contributed by atoms with Crippen LogP contribution in [0.3, 0.4) is 0 Å². The molecule has 1 aliphatic rings. The molecular formula is C17H36N2. The molecule has 114 valence electrons. The maximum absolute atomic E-state index is 3.63. The average molecular weight is 268 g/mol. The van der Waals surface area contributed by atoms with E-state index in [1.54, 1.807) is 0 Å². The number of rotatable bonds is 8. The van der Waals surface area contributed by atoms with E-state index in [4.69, 9.17) is 0 Å². The second-order valence-electron chi connectivity index (χ2n) is 7.54. The summed E-state index contributed by atoms with van der Waals surface area (Å²) in [6.45, 7) is 16.4. The summed E-state index contributed by atoms with van der Waals surface area (Å²) < 4.78 is 0. The molecule has 0 heterocycles. The van der Waals surface area contributed by atoms with Crippen molar-refractivity contribution in [3.63, 3.8) is 0 Å². The van der Waals surface area contributed by atoms with Crippen LogP contribution in [0.15, 0.2) is 0 Å². The SMILES string of the molecule is CCN(CC(C)(C)CNCC(C)C)C1CCCCC1. The van der Waals surface area contributed by atoms with Crippen LogP contribution in [0.2, 0.25) is 0 Å². The molecule has 2 heteroatoms. The van der Waals surface area contributed by atoms with Gasteiger partial charge in [-0.1, -0.05) is 53.9 Å². The summed E-state index contributed by atoms with van der Waals surface area (Å²) in [5.41, 5.74) is 0.377. The van der Waals surface area contributed by atoms with Crippen molar-refractivity contribution >= 4 is 0 Å². The van der Waals surface area contributed by atoms with E-state index in [0.29, 0.717) is 5.41 Å². The summed E-state index contributed by atoms with van der Waals surface area (Å²) in [4.78, 5) is 2.73. The lowest BCUT2D eigenvalue weighted by Gasteiger charge is -2.39. The van der Waals surface area contributed by atoms with Gasteiger partial charge in [-0.2, -0.15) is 0 Å². The minimum absolute atomic E-state index is 0.377. The number of nitrogens with zero attached hydrogens (tertiary/aromatic N) is 1. The minimum atomic E-state index is 0.377. The van der Waals surface area contributed by atoms with Gasteiger partial charge in [0.1, 0.15) is 0 Å². The van der Waals surface area contributed by atoms with Gasteiger partial charge in [-0.25, -0.2) is 0 Å². The Bertz CT molecular complexity index is 229. The Hall–Kier alpha value is -0.0800. The fourth-order valence-electron chi connectivity index (χ4n) is 3.25.